The Labute approximate surface area is 250 Å². The molecule has 0 spiro atoms. The first-order valence-electron chi connectivity index (χ1n) is 14.5. The first kappa shape index (κ1) is 28.0. The van der Waals surface area contributed by atoms with Crippen molar-refractivity contribution in [3.8, 4) is 22.8 Å². The SMILES string of the molecule is CCc1nccc(C)c1-c1cccc2c(CCCOc3cccc4ccccc34)c(OC(=O)O)n(Cc3ccccn3)c12. The summed E-state index contributed by atoms with van der Waals surface area (Å²) in [5.74, 6) is 1.14. The van der Waals surface area contributed by atoms with E-state index in [-0.39, 0.29) is 0 Å². The number of para-hydroxylation sites is 1. The monoisotopic (exact) mass is 571 g/mol. The molecule has 43 heavy (non-hydrogen) atoms. The molecule has 0 aliphatic heterocycles. The fraction of sp³-hybridized carbons (Fsp3) is 0.194. The van der Waals surface area contributed by atoms with Crippen LogP contribution in [0.4, 0.5) is 4.79 Å². The molecule has 3 aromatic carbocycles. The number of ether oxygens (including phenoxy) is 2. The van der Waals surface area contributed by atoms with Crippen LogP contribution in [0.3, 0.4) is 0 Å². The fourth-order valence-corrected chi connectivity index (χ4v) is 5.91. The highest BCUT2D eigenvalue weighted by atomic mass is 16.7. The number of hydrogen-bond donors (Lipinski definition) is 1. The van der Waals surface area contributed by atoms with Crippen molar-refractivity contribution in [3.63, 3.8) is 0 Å². The fourth-order valence-electron chi connectivity index (χ4n) is 5.91. The molecular formula is C36H33N3O4. The average molecular weight is 572 g/mol. The van der Waals surface area contributed by atoms with E-state index >= 15 is 0 Å². The van der Waals surface area contributed by atoms with E-state index in [2.05, 4.69) is 48.1 Å². The molecule has 3 aromatic heterocycles. The predicted molar refractivity (Wildman–Crippen MR) is 169 cm³/mol. The Morgan fingerprint density at radius 1 is 0.884 bits per heavy atom. The van der Waals surface area contributed by atoms with Gasteiger partial charge in [-0.25, -0.2) is 4.79 Å². The number of rotatable bonds is 10. The van der Waals surface area contributed by atoms with E-state index in [0.29, 0.717) is 31.9 Å². The largest absolute Gasteiger partial charge is 0.512 e. The summed E-state index contributed by atoms with van der Waals surface area (Å²) in [7, 11) is 0. The molecule has 0 bridgehead atoms. The molecule has 1 N–H and O–H groups in total. The third-order valence-electron chi connectivity index (χ3n) is 7.78. The number of carboxylic acid groups (broad SMARTS) is 1. The number of aryl methyl sites for hydroxylation is 3. The van der Waals surface area contributed by atoms with Crippen LogP contribution in [-0.4, -0.2) is 32.4 Å². The van der Waals surface area contributed by atoms with Crippen LogP contribution >= 0.6 is 0 Å². The number of carbonyl (C=O) groups is 1. The van der Waals surface area contributed by atoms with Crippen LogP contribution in [0.2, 0.25) is 0 Å². The highest BCUT2D eigenvalue weighted by molar-refractivity contribution is 6.00. The normalized spacial score (nSPS) is 11.2. The number of hydrogen-bond acceptors (Lipinski definition) is 5. The summed E-state index contributed by atoms with van der Waals surface area (Å²) < 4.78 is 13.8. The van der Waals surface area contributed by atoms with Crippen molar-refractivity contribution in [1.82, 2.24) is 14.5 Å². The van der Waals surface area contributed by atoms with Gasteiger partial charge in [-0.3, -0.25) is 9.97 Å². The maximum Gasteiger partial charge on any atom is 0.512 e. The Balaban J connectivity index is 1.44. The molecule has 7 nitrogen and oxygen atoms in total. The maximum atomic E-state index is 12.1. The van der Waals surface area contributed by atoms with Crippen LogP contribution in [0, 0.1) is 6.92 Å². The van der Waals surface area contributed by atoms with Gasteiger partial charge in [-0.1, -0.05) is 67.6 Å². The molecule has 7 heteroatoms. The highest BCUT2D eigenvalue weighted by Crippen LogP contribution is 2.41. The van der Waals surface area contributed by atoms with Crippen molar-refractivity contribution in [2.75, 3.05) is 6.61 Å². The molecule has 0 fully saturated rings. The summed E-state index contributed by atoms with van der Waals surface area (Å²) in [6, 6.07) is 28.1. The number of benzene rings is 3. The number of nitrogens with zero attached hydrogens (tertiary/aromatic N) is 3. The Bertz CT molecular complexity index is 1910. The van der Waals surface area contributed by atoms with E-state index in [1.54, 1.807) is 6.20 Å². The third kappa shape index (κ3) is 5.66. The van der Waals surface area contributed by atoms with Gasteiger partial charge in [0.25, 0.3) is 0 Å². The first-order chi connectivity index (χ1) is 21.0. The molecule has 216 valence electrons. The molecule has 0 saturated carbocycles. The van der Waals surface area contributed by atoms with Gasteiger partial charge in [0.1, 0.15) is 5.75 Å². The van der Waals surface area contributed by atoms with Crippen molar-refractivity contribution in [1.29, 1.82) is 0 Å². The second kappa shape index (κ2) is 12.4. The Morgan fingerprint density at radius 2 is 1.67 bits per heavy atom. The van der Waals surface area contributed by atoms with Crippen LogP contribution in [0.25, 0.3) is 32.8 Å². The van der Waals surface area contributed by atoms with Gasteiger partial charge in [0.05, 0.1) is 24.4 Å². The van der Waals surface area contributed by atoms with E-state index < -0.39 is 6.16 Å². The lowest BCUT2D eigenvalue weighted by atomic mass is 9.95. The first-order valence-corrected chi connectivity index (χ1v) is 14.5. The van der Waals surface area contributed by atoms with E-state index in [1.807, 2.05) is 71.4 Å². The van der Waals surface area contributed by atoms with Gasteiger partial charge in [-0.15, -0.1) is 0 Å². The minimum atomic E-state index is -1.35. The zero-order chi connectivity index (χ0) is 29.8. The highest BCUT2D eigenvalue weighted by Gasteiger charge is 2.25. The van der Waals surface area contributed by atoms with Gasteiger partial charge >= 0.3 is 6.16 Å². The smallest absolute Gasteiger partial charge is 0.493 e. The standard InChI is InChI=1S/C36H33N3O4/c1-3-31-33(24(2)19-21-38-31)30-16-9-15-28-29(17-10-22-42-32-18-8-12-25-11-4-5-14-27(25)32)35(43-36(40)41)39(34(28)30)23-26-13-6-7-20-37-26/h4-9,11-16,18-21H,3,10,17,22-23H2,1-2H3,(H,40,41). The number of aromatic nitrogens is 3. The van der Waals surface area contributed by atoms with Gasteiger partial charge in [-0.05, 0) is 61.4 Å². The molecule has 0 atom stereocenters. The van der Waals surface area contributed by atoms with Crippen LogP contribution in [-0.2, 0) is 19.4 Å². The molecule has 0 saturated heterocycles. The number of pyridine rings is 2. The lowest BCUT2D eigenvalue weighted by Crippen LogP contribution is -2.12. The van der Waals surface area contributed by atoms with Crippen molar-refractivity contribution >= 4 is 27.8 Å². The van der Waals surface area contributed by atoms with Crippen LogP contribution < -0.4 is 9.47 Å². The van der Waals surface area contributed by atoms with Gasteiger partial charge < -0.3 is 19.1 Å². The van der Waals surface area contributed by atoms with Crippen LogP contribution in [0.15, 0.2) is 97.3 Å². The predicted octanol–water partition coefficient (Wildman–Crippen LogP) is 8.24. The summed E-state index contributed by atoms with van der Waals surface area (Å²) in [4.78, 5) is 21.3. The van der Waals surface area contributed by atoms with Crippen molar-refractivity contribution in [2.45, 2.75) is 39.7 Å². The van der Waals surface area contributed by atoms with Gasteiger partial charge in [0.15, 0.2) is 0 Å². The average Bonchev–Trinajstić information content (AvgIpc) is 3.31. The lowest BCUT2D eigenvalue weighted by Gasteiger charge is -2.15. The molecule has 3 heterocycles. The quantitative estimate of drug-likeness (QED) is 0.132. The Kier molecular flexibility index (Phi) is 8.05. The molecular weight excluding hydrogens is 538 g/mol. The summed E-state index contributed by atoms with van der Waals surface area (Å²) >= 11 is 0. The lowest BCUT2D eigenvalue weighted by molar-refractivity contribution is 0.140. The molecule has 0 unspecified atom stereocenters. The van der Waals surface area contributed by atoms with Crippen LogP contribution in [0.5, 0.6) is 11.6 Å². The minimum absolute atomic E-state index is 0.311. The van der Waals surface area contributed by atoms with Gasteiger partial charge in [0.2, 0.25) is 5.88 Å². The van der Waals surface area contributed by atoms with Crippen molar-refractivity contribution in [3.05, 3.63) is 120 Å². The Morgan fingerprint density at radius 3 is 2.49 bits per heavy atom. The van der Waals surface area contributed by atoms with Gasteiger partial charge in [0, 0.05) is 45.6 Å². The van der Waals surface area contributed by atoms with E-state index in [1.165, 1.54) is 0 Å². The third-order valence-corrected chi connectivity index (χ3v) is 7.78. The molecule has 0 radical (unpaired) electrons. The topological polar surface area (TPSA) is 86.5 Å². The summed E-state index contributed by atoms with van der Waals surface area (Å²) in [6.07, 6.45) is 4.22. The molecule has 0 aliphatic carbocycles. The molecule has 6 aromatic rings. The second-order valence-corrected chi connectivity index (χ2v) is 10.5. The minimum Gasteiger partial charge on any atom is -0.493 e. The van der Waals surface area contributed by atoms with E-state index in [4.69, 9.17) is 9.47 Å². The zero-order valence-electron chi connectivity index (χ0n) is 24.3. The van der Waals surface area contributed by atoms with Crippen molar-refractivity contribution in [2.24, 2.45) is 0 Å². The van der Waals surface area contributed by atoms with Crippen molar-refractivity contribution < 1.29 is 19.4 Å². The summed E-state index contributed by atoms with van der Waals surface area (Å²) in [6.45, 7) is 5.00. The molecule has 0 aliphatic rings. The Hall–Kier alpha value is -5.17. The molecule has 6 rings (SSSR count). The zero-order valence-corrected chi connectivity index (χ0v) is 24.3. The second-order valence-electron chi connectivity index (χ2n) is 10.5. The van der Waals surface area contributed by atoms with E-state index in [9.17, 15) is 9.90 Å². The maximum absolute atomic E-state index is 12.1. The molecule has 0 amide bonds. The van der Waals surface area contributed by atoms with Crippen LogP contribution in [0.1, 0.15) is 35.9 Å². The number of fused-ring (bicyclic) bond motifs is 2. The van der Waals surface area contributed by atoms with Gasteiger partial charge in [-0.2, -0.15) is 0 Å². The summed E-state index contributed by atoms with van der Waals surface area (Å²) in [5, 5.41) is 13.0. The summed E-state index contributed by atoms with van der Waals surface area (Å²) in [5.41, 5.74) is 6.68. The van der Waals surface area contributed by atoms with E-state index in [0.717, 1.165) is 67.5 Å².